The fourth-order valence-electron chi connectivity index (χ4n) is 4.47. The van der Waals surface area contributed by atoms with Crippen LogP contribution in [-0.2, 0) is 0 Å². The topological polar surface area (TPSA) is 130 Å². The van der Waals surface area contributed by atoms with Crippen molar-refractivity contribution < 1.29 is 0 Å². The van der Waals surface area contributed by atoms with Gasteiger partial charge in [-0.2, -0.15) is 30.1 Å². The maximum absolute atomic E-state index is 9.61. The highest BCUT2D eigenvalue weighted by Crippen LogP contribution is 2.40. The Morgan fingerprint density at radius 2 is 2.06 bits per heavy atom. The zero-order chi connectivity index (χ0) is 21.8. The maximum Gasteiger partial charge on any atom is 0.232 e. The SMILES string of the molecule is N#Cc1cc(Nc2nc(NC3CC3)n3ncc(C#N)c3n2)c(Cl)c(N2C[C@@H]3C[C@H]2CN3)c1. The van der Waals surface area contributed by atoms with Crippen LogP contribution in [0.25, 0.3) is 5.65 Å². The van der Waals surface area contributed by atoms with Gasteiger partial charge in [0.15, 0.2) is 5.65 Å². The first-order valence-electron chi connectivity index (χ1n) is 10.6. The third-order valence-electron chi connectivity index (χ3n) is 6.19. The third-order valence-corrected chi connectivity index (χ3v) is 6.59. The van der Waals surface area contributed by atoms with Crippen LogP contribution in [0.3, 0.4) is 0 Å². The van der Waals surface area contributed by atoms with Gasteiger partial charge in [0, 0.05) is 31.2 Å². The first-order valence-corrected chi connectivity index (χ1v) is 10.9. The molecule has 3 N–H and O–H groups in total. The minimum atomic E-state index is 0.283. The molecule has 2 atom stereocenters. The number of halogens is 1. The summed E-state index contributed by atoms with van der Waals surface area (Å²) in [5.74, 6) is 0.794. The summed E-state index contributed by atoms with van der Waals surface area (Å²) in [5, 5.41) is 33.8. The number of hydrogen-bond acceptors (Lipinski definition) is 9. The van der Waals surface area contributed by atoms with Gasteiger partial charge in [-0.3, -0.25) is 0 Å². The number of piperazine rings is 1. The van der Waals surface area contributed by atoms with E-state index in [2.05, 4.69) is 48.1 Å². The van der Waals surface area contributed by atoms with Gasteiger partial charge in [-0.1, -0.05) is 11.6 Å². The first-order chi connectivity index (χ1) is 15.6. The Morgan fingerprint density at radius 3 is 2.75 bits per heavy atom. The lowest BCUT2D eigenvalue weighted by Gasteiger charge is -2.31. The molecule has 0 radical (unpaired) electrons. The molecule has 1 aromatic carbocycles. The summed E-state index contributed by atoms with van der Waals surface area (Å²) in [4.78, 5) is 11.3. The molecule has 2 saturated heterocycles. The molecule has 0 unspecified atom stereocenters. The van der Waals surface area contributed by atoms with Gasteiger partial charge in [-0.25, -0.2) is 0 Å². The second kappa shape index (κ2) is 7.23. The fourth-order valence-corrected chi connectivity index (χ4v) is 4.73. The molecule has 2 bridgehead atoms. The predicted octanol–water partition coefficient (Wildman–Crippen LogP) is 2.39. The second-order valence-corrected chi connectivity index (χ2v) is 8.81. The predicted molar refractivity (Wildman–Crippen MR) is 119 cm³/mol. The highest BCUT2D eigenvalue weighted by atomic mass is 35.5. The molecule has 3 aliphatic rings. The zero-order valence-corrected chi connectivity index (χ0v) is 17.8. The summed E-state index contributed by atoms with van der Waals surface area (Å²) in [7, 11) is 0. The minimum absolute atomic E-state index is 0.283. The number of nitrogens with one attached hydrogen (secondary N) is 3. The molecule has 4 heterocycles. The van der Waals surface area contributed by atoms with E-state index in [0.29, 0.717) is 51.6 Å². The van der Waals surface area contributed by atoms with E-state index in [1.807, 2.05) is 6.07 Å². The number of anilines is 4. The van der Waals surface area contributed by atoms with Crippen LogP contribution in [0.2, 0.25) is 5.02 Å². The van der Waals surface area contributed by atoms with Crippen molar-refractivity contribution in [2.45, 2.75) is 37.4 Å². The number of hydrogen-bond donors (Lipinski definition) is 3. The summed E-state index contributed by atoms with van der Waals surface area (Å²) in [6.45, 7) is 1.77. The number of nitrogens with zero attached hydrogens (tertiary/aromatic N) is 7. The molecule has 32 heavy (non-hydrogen) atoms. The molecular weight excluding hydrogens is 428 g/mol. The minimum Gasteiger partial charge on any atom is -0.364 e. The van der Waals surface area contributed by atoms with E-state index < -0.39 is 0 Å². The van der Waals surface area contributed by atoms with Crippen molar-refractivity contribution in [3.05, 3.63) is 34.5 Å². The van der Waals surface area contributed by atoms with Crippen LogP contribution in [0.4, 0.5) is 23.3 Å². The molecule has 3 fully saturated rings. The largest absolute Gasteiger partial charge is 0.364 e. The van der Waals surface area contributed by atoms with E-state index in [0.717, 1.165) is 38.0 Å². The molecule has 6 rings (SSSR count). The molecule has 10 nitrogen and oxygen atoms in total. The Bertz CT molecular complexity index is 1310. The lowest BCUT2D eigenvalue weighted by atomic mass is 10.1. The Kier molecular flexibility index (Phi) is 4.32. The van der Waals surface area contributed by atoms with E-state index in [-0.39, 0.29) is 5.95 Å². The van der Waals surface area contributed by atoms with Crippen LogP contribution in [0, 0.1) is 22.7 Å². The van der Waals surface area contributed by atoms with E-state index in [9.17, 15) is 10.5 Å². The average molecular weight is 447 g/mol. The molecule has 3 aromatic rings. The molecular formula is C21H19ClN10. The van der Waals surface area contributed by atoms with Crippen LogP contribution >= 0.6 is 11.6 Å². The monoisotopic (exact) mass is 446 g/mol. The number of benzene rings is 1. The van der Waals surface area contributed by atoms with Crippen LogP contribution in [0.1, 0.15) is 30.4 Å². The highest BCUT2D eigenvalue weighted by Gasteiger charge is 2.38. The Labute approximate surface area is 188 Å². The van der Waals surface area contributed by atoms with Crippen molar-refractivity contribution in [1.82, 2.24) is 24.9 Å². The Hall–Kier alpha value is -3.60. The number of aromatic nitrogens is 4. The van der Waals surface area contributed by atoms with Crippen LogP contribution < -0.4 is 20.9 Å². The van der Waals surface area contributed by atoms with E-state index in [1.54, 1.807) is 6.07 Å². The maximum atomic E-state index is 9.61. The number of nitriles is 2. The quantitative estimate of drug-likeness (QED) is 0.540. The standard InChI is InChI=1S/C21H19ClN10/c22-18-16(3-11(6-23)4-17(18)31-10-14-5-15(31)9-25-14)28-20-29-19-12(7-24)8-26-32(19)21(30-20)27-13-1-2-13/h3-4,8,13-15,25H,1-2,5,9-10H2,(H2,27,28,29,30)/t14-,15-/m0/s1. The Morgan fingerprint density at radius 1 is 1.19 bits per heavy atom. The fraction of sp³-hybridized carbons (Fsp3) is 0.381. The molecule has 2 aliphatic heterocycles. The van der Waals surface area contributed by atoms with Crippen LogP contribution in [-0.4, -0.2) is 50.8 Å². The normalized spacial score (nSPS) is 21.5. The van der Waals surface area contributed by atoms with Gasteiger partial charge in [-0.15, -0.1) is 0 Å². The lowest BCUT2D eigenvalue weighted by Crippen LogP contribution is -2.43. The van der Waals surface area contributed by atoms with E-state index in [4.69, 9.17) is 11.6 Å². The van der Waals surface area contributed by atoms with Gasteiger partial charge >= 0.3 is 0 Å². The van der Waals surface area contributed by atoms with Crippen molar-refractivity contribution in [2.24, 2.45) is 0 Å². The highest BCUT2D eigenvalue weighted by molar-refractivity contribution is 6.36. The molecule has 2 aromatic heterocycles. The van der Waals surface area contributed by atoms with Crippen LogP contribution in [0.5, 0.6) is 0 Å². The molecule has 160 valence electrons. The molecule has 1 aliphatic carbocycles. The summed E-state index contributed by atoms with van der Waals surface area (Å²) in [6, 6.07) is 9.03. The lowest BCUT2D eigenvalue weighted by molar-refractivity contribution is 0.580. The van der Waals surface area contributed by atoms with Crippen molar-refractivity contribution in [1.29, 1.82) is 10.5 Å². The molecule has 11 heteroatoms. The van der Waals surface area contributed by atoms with Gasteiger partial charge in [0.1, 0.15) is 11.6 Å². The van der Waals surface area contributed by atoms with Gasteiger partial charge < -0.3 is 20.9 Å². The van der Waals surface area contributed by atoms with Crippen molar-refractivity contribution >= 4 is 40.5 Å². The van der Waals surface area contributed by atoms with Crippen LogP contribution in [0.15, 0.2) is 18.3 Å². The summed E-state index contributed by atoms with van der Waals surface area (Å²) >= 11 is 6.82. The molecule has 1 saturated carbocycles. The van der Waals surface area contributed by atoms with Crippen molar-refractivity contribution in [2.75, 3.05) is 28.6 Å². The van der Waals surface area contributed by atoms with Gasteiger partial charge in [-0.05, 0) is 31.4 Å². The summed E-state index contributed by atoms with van der Waals surface area (Å²) < 4.78 is 1.54. The van der Waals surface area contributed by atoms with Crippen molar-refractivity contribution in [3.8, 4) is 12.1 Å². The smallest absolute Gasteiger partial charge is 0.232 e. The average Bonchev–Trinajstić information content (AvgIpc) is 3.19. The molecule has 0 amide bonds. The Balaban J connectivity index is 1.41. The zero-order valence-electron chi connectivity index (χ0n) is 17.0. The second-order valence-electron chi connectivity index (χ2n) is 8.44. The summed E-state index contributed by atoms with van der Waals surface area (Å²) in [6.07, 6.45) is 4.67. The van der Waals surface area contributed by atoms with Gasteiger partial charge in [0.05, 0.1) is 34.2 Å². The van der Waals surface area contributed by atoms with Gasteiger partial charge in [0.2, 0.25) is 11.9 Å². The van der Waals surface area contributed by atoms with E-state index >= 15 is 0 Å². The van der Waals surface area contributed by atoms with Gasteiger partial charge in [0.25, 0.3) is 0 Å². The first kappa shape index (κ1) is 19.1. The molecule has 0 spiro atoms. The number of fused-ring (bicyclic) bond motifs is 3. The number of rotatable bonds is 5. The summed E-state index contributed by atoms with van der Waals surface area (Å²) in [5.41, 5.74) is 2.65. The third kappa shape index (κ3) is 3.16. The van der Waals surface area contributed by atoms with E-state index in [1.165, 1.54) is 10.7 Å². The van der Waals surface area contributed by atoms with Crippen molar-refractivity contribution in [3.63, 3.8) is 0 Å².